The number of aliphatic hydroxyl groups is 1. The molecule has 1 aliphatic heterocycles. The van der Waals surface area contributed by atoms with E-state index in [9.17, 15) is 47.0 Å². The minimum Gasteiger partial charge on any atom is -0.507 e. The smallest absolute Gasteiger partial charge is 0.329 e. The average molecular weight is 599 g/mol. The van der Waals surface area contributed by atoms with Crippen molar-refractivity contribution in [3.8, 4) is 5.75 Å². The predicted octanol–water partition coefficient (Wildman–Crippen LogP) is 1.25. The van der Waals surface area contributed by atoms with Crippen molar-refractivity contribution < 1.29 is 51.7 Å². The number of hydrogen-bond donors (Lipinski definition) is 5. The van der Waals surface area contributed by atoms with Crippen LogP contribution in [0.15, 0.2) is 24.3 Å². The molecular formula is C27H30F4N4O7. The van der Waals surface area contributed by atoms with Crippen molar-refractivity contribution in [1.82, 2.24) is 20.9 Å². The highest BCUT2D eigenvalue weighted by molar-refractivity contribution is 6.00. The first-order valence-electron chi connectivity index (χ1n) is 12.9. The Kier molecular flexibility index (Phi) is 10.1. The van der Waals surface area contributed by atoms with Gasteiger partial charge in [0, 0.05) is 12.0 Å². The number of amides is 3. The topological polar surface area (TPSA) is 167 Å². The minimum absolute atomic E-state index is 0.246. The maximum absolute atomic E-state index is 14.5. The van der Waals surface area contributed by atoms with E-state index >= 15 is 0 Å². The van der Waals surface area contributed by atoms with E-state index in [1.54, 1.807) is 13.8 Å². The number of phenolic OH excluding ortho intramolecular Hbond substituents is 1. The molecule has 2 aromatic rings. The molecule has 42 heavy (non-hydrogen) atoms. The van der Waals surface area contributed by atoms with Crippen LogP contribution in [-0.2, 0) is 25.5 Å². The van der Waals surface area contributed by atoms with Crippen LogP contribution in [0, 0.1) is 35.4 Å². The third-order valence-corrected chi connectivity index (χ3v) is 6.88. The number of esters is 1. The predicted molar refractivity (Wildman–Crippen MR) is 137 cm³/mol. The summed E-state index contributed by atoms with van der Waals surface area (Å²) in [7, 11) is 0. The van der Waals surface area contributed by atoms with Gasteiger partial charge >= 0.3 is 5.97 Å². The second-order valence-corrected chi connectivity index (χ2v) is 10.2. The molecule has 2 heterocycles. The molecular weight excluding hydrogens is 568 g/mol. The molecule has 0 saturated carbocycles. The number of cyclic esters (lactones) is 1. The van der Waals surface area contributed by atoms with Crippen molar-refractivity contribution in [3.05, 3.63) is 58.9 Å². The number of hydrogen-bond acceptors (Lipinski definition) is 8. The Morgan fingerprint density at radius 2 is 1.67 bits per heavy atom. The van der Waals surface area contributed by atoms with Gasteiger partial charge in [-0.2, -0.15) is 18.2 Å². The van der Waals surface area contributed by atoms with E-state index in [-0.39, 0.29) is 5.56 Å². The zero-order valence-corrected chi connectivity index (χ0v) is 23.0. The number of halogens is 4. The maximum atomic E-state index is 14.5. The highest BCUT2D eigenvalue weighted by Crippen LogP contribution is 2.22. The van der Waals surface area contributed by atoms with Crippen molar-refractivity contribution in [1.29, 1.82) is 0 Å². The van der Waals surface area contributed by atoms with E-state index in [0.717, 1.165) is 0 Å². The molecule has 1 saturated heterocycles. The van der Waals surface area contributed by atoms with E-state index in [1.165, 1.54) is 38.1 Å². The molecule has 5 N–H and O–H groups in total. The zero-order valence-electron chi connectivity index (χ0n) is 23.0. The standard InChI is InChI=1S/C27H30F4N4O7/c1-10(2)19-27(41)42-12(4)20(34-25(39)13-7-5-6-8-16(13)36)26(40)32-15(21(37)11(3)24(38)33-19)9-14-17(28)18(29)23(31)35-22(14)30/h5-8,10-12,15,19-21,36-37H,9H2,1-4H3,(H,32,40)(H,33,38)(H,34,39)/t11-,12-,15+,19?,20+,21+/m1/s1. The number of carbonyl (C=O) groups excluding carboxylic acids is 4. The van der Waals surface area contributed by atoms with Crippen molar-refractivity contribution in [2.45, 2.75) is 64.4 Å². The Morgan fingerprint density at radius 1 is 1.02 bits per heavy atom. The van der Waals surface area contributed by atoms with Crippen molar-refractivity contribution in [2.24, 2.45) is 11.8 Å². The van der Waals surface area contributed by atoms with Crippen LogP contribution in [0.4, 0.5) is 17.6 Å². The molecule has 0 bridgehead atoms. The molecule has 0 radical (unpaired) electrons. The zero-order chi connectivity index (χ0) is 31.5. The van der Waals surface area contributed by atoms with Crippen LogP contribution in [0.25, 0.3) is 0 Å². The highest BCUT2D eigenvalue weighted by Gasteiger charge is 2.40. The number of nitrogens with one attached hydrogen (secondary N) is 3. The maximum Gasteiger partial charge on any atom is 0.329 e. The number of aromatic nitrogens is 1. The third kappa shape index (κ3) is 6.95. The van der Waals surface area contributed by atoms with Crippen LogP contribution < -0.4 is 16.0 Å². The van der Waals surface area contributed by atoms with Gasteiger partial charge in [-0.1, -0.05) is 32.9 Å². The summed E-state index contributed by atoms with van der Waals surface area (Å²) < 4.78 is 61.7. The van der Waals surface area contributed by atoms with Gasteiger partial charge in [0.25, 0.3) is 11.9 Å². The van der Waals surface area contributed by atoms with Crippen LogP contribution in [-0.4, -0.2) is 69.2 Å². The first-order chi connectivity index (χ1) is 19.6. The molecule has 15 heteroatoms. The fraction of sp³-hybridized carbons (Fsp3) is 0.444. The van der Waals surface area contributed by atoms with E-state index in [2.05, 4.69) is 20.9 Å². The van der Waals surface area contributed by atoms with E-state index < -0.39 is 107 Å². The highest BCUT2D eigenvalue weighted by atomic mass is 19.2. The Balaban J connectivity index is 2.07. The van der Waals surface area contributed by atoms with Gasteiger partial charge in [0.2, 0.25) is 23.6 Å². The summed E-state index contributed by atoms with van der Waals surface area (Å²) in [5.41, 5.74) is -1.38. The van der Waals surface area contributed by atoms with Crippen LogP contribution in [0.2, 0.25) is 0 Å². The summed E-state index contributed by atoms with van der Waals surface area (Å²) in [6.45, 7) is 5.60. The Morgan fingerprint density at radius 3 is 2.29 bits per heavy atom. The van der Waals surface area contributed by atoms with Gasteiger partial charge in [0.05, 0.1) is 23.6 Å². The van der Waals surface area contributed by atoms with Crippen molar-refractivity contribution in [3.63, 3.8) is 0 Å². The summed E-state index contributed by atoms with van der Waals surface area (Å²) in [6, 6.07) is 0.608. The third-order valence-electron chi connectivity index (χ3n) is 6.88. The minimum atomic E-state index is -2.10. The van der Waals surface area contributed by atoms with Gasteiger partial charge in [-0.05, 0) is 25.0 Å². The van der Waals surface area contributed by atoms with Crippen molar-refractivity contribution in [2.75, 3.05) is 0 Å². The number of carbonyl (C=O) groups is 4. The molecule has 3 rings (SSSR count). The molecule has 1 aromatic heterocycles. The van der Waals surface area contributed by atoms with Gasteiger partial charge in [-0.3, -0.25) is 14.4 Å². The second-order valence-electron chi connectivity index (χ2n) is 10.2. The molecule has 11 nitrogen and oxygen atoms in total. The molecule has 0 spiro atoms. The molecule has 1 unspecified atom stereocenters. The van der Waals surface area contributed by atoms with Gasteiger partial charge < -0.3 is 30.9 Å². The second kappa shape index (κ2) is 13.1. The number of nitrogens with zero attached hydrogens (tertiary/aromatic N) is 1. The first kappa shape index (κ1) is 32.2. The number of aromatic hydroxyl groups is 1. The van der Waals surface area contributed by atoms with Crippen molar-refractivity contribution >= 4 is 23.7 Å². The van der Waals surface area contributed by atoms with Gasteiger partial charge in [0.1, 0.15) is 23.9 Å². The van der Waals surface area contributed by atoms with Crippen LogP contribution in [0.5, 0.6) is 5.75 Å². The van der Waals surface area contributed by atoms with E-state index in [4.69, 9.17) is 4.74 Å². The molecule has 228 valence electrons. The number of ether oxygens (including phenoxy) is 1. The summed E-state index contributed by atoms with van der Waals surface area (Å²) in [4.78, 5) is 55.1. The Hall–Kier alpha value is -4.27. The number of benzene rings is 1. The molecule has 1 aliphatic rings. The number of aliphatic hydroxyl groups excluding tert-OH is 1. The van der Waals surface area contributed by atoms with Gasteiger partial charge in [-0.15, -0.1) is 0 Å². The van der Waals surface area contributed by atoms with E-state index in [0.29, 0.717) is 0 Å². The molecule has 1 fully saturated rings. The van der Waals surface area contributed by atoms with Crippen LogP contribution in [0.1, 0.15) is 43.6 Å². The number of phenols is 1. The number of pyridine rings is 1. The number of para-hydroxylation sites is 1. The lowest BCUT2D eigenvalue weighted by atomic mass is 9.91. The summed E-state index contributed by atoms with van der Waals surface area (Å²) in [5.74, 6) is -14.2. The summed E-state index contributed by atoms with van der Waals surface area (Å²) in [6.07, 6.45) is -4.35. The molecule has 0 aliphatic carbocycles. The lowest BCUT2D eigenvalue weighted by Gasteiger charge is -2.34. The lowest BCUT2D eigenvalue weighted by Crippen LogP contribution is -2.61. The Labute approximate surface area is 237 Å². The SMILES string of the molecule is CC(C)C1NC(=O)[C@H](C)[C@H](O)[C@H](Cc2c(F)nc(F)c(F)c2F)NC(=O)[C@@H](NC(=O)c2ccccc2O)[C@@H](C)OC1=O. The van der Waals surface area contributed by atoms with E-state index in [1.807, 2.05) is 0 Å². The molecule has 6 atom stereocenters. The fourth-order valence-electron chi connectivity index (χ4n) is 4.33. The quantitative estimate of drug-likeness (QED) is 0.195. The van der Waals surface area contributed by atoms with Crippen LogP contribution in [0.3, 0.4) is 0 Å². The summed E-state index contributed by atoms with van der Waals surface area (Å²) in [5, 5.41) is 28.2. The summed E-state index contributed by atoms with van der Waals surface area (Å²) >= 11 is 0. The first-order valence-corrected chi connectivity index (χ1v) is 12.9. The normalized spacial score (nSPS) is 25.5. The lowest BCUT2D eigenvalue weighted by molar-refractivity contribution is -0.157. The fourth-order valence-corrected chi connectivity index (χ4v) is 4.33. The Bertz CT molecular complexity index is 1380. The number of rotatable bonds is 5. The van der Waals surface area contributed by atoms with Gasteiger partial charge in [-0.25, -0.2) is 9.18 Å². The average Bonchev–Trinajstić information content (AvgIpc) is 2.93. The van der Waals surface area contributed by atoms with Gasteiger partial charge in [0.15, 0.2) is 5.82 Å². The van der Waals surface area contributed by atoms with Crippen LogP contribution >= 0.6 is 0 Å². The molecule has 1 aromatic carbocycles. The monoisotopic (exact) mass is 598 g/mol. The molecule has 3 amide bonds. The largest absolute Gasteiger partial charge is 0.507 e.